The topological polar surface area (TPSA) is 123 Å². The number of fused-ring (bicyclic) bond motifs is 1. The lowest BCUT2D eigenvalue weighted by molar-refractivity contribution is 0.0935. The highest BCUT2D eigenvalue weighted by Gasteiger charge is 2.33. The maximum absolute atomic E-state index is 13.1. The first-order valence-corrected chi connectivity index (χ1v) is 10.1. The second kappa shape index (κ2) is 7.16. The van der Waals surface area contributed by atoms with E-state index in [0.717, 1.165) is 31.4 Å². The lowest BCUT2D eigenvalue weighted by Crippen LogP contribution is -2.42. The fourth-order valence-corrected chi connectivity index (χ4v) is 3.71. The molecule has 2 aromatic rings. The Balaban J connectivity index is 1.87. The van der Waals surface area contributed by atoms with Crippen LogP contribution in [0.2, 0.25) is 0 Å². The number of aromatic nitrogens is 3. The first-order chi connectivity index (χ1) is 13.4. The Bertz CT molecular complexity index is 1030. The number of hydrogen-bond acceptors (Lipinski definition) is 5. The number of carbonyl (C=O) groups excluding carboxylic acids is 1. The summed E-state index contributed by atoms with van der Waals surface area (Å²) in [5, 5.41) is 3.17. The van der Waals surface area contributed by atoms with E-state index in [9.17, 15) is 14.4 Å². The monoisotopic (exact) mass is 385 g/mol. The van der Waals surface area contributed by atoms with Crippen LogP contribution in [0.3, 0.4) is 0 Å². The van der Waals surface area contributed by atoms with E-state index in [1.165, 1.54) is 4.57 Å². The number of carbonyl (C=O) groups is 1. The van der Waals surface area contributed by atoms with Crippen molar-refractivity contribution in [3.05, 3.63) is 38.2 Å². The molecule has 0 aliphatic heterocycles. The highest BCUT2D eigenvalue weighted by Crippen LogP contribution is 2.40. The number of amides is 1. The molecule has 2 aromatic heterocycles. The molecule has 1 amide bonds. The first kappa shape index (κ1) is 18.9. The van der Waals surface area contributed by atoms with Crippen LogP contribution in [0.5, 0.6) is 0 Å². The van der Waals surface area contributed by atoms with Crippen LogP contribution in [-0.2, 0) is 6.54 Å². The number of pyridine rings is 1. The Morgan fingerprint density at radius 2 is 2.04 bits per heavy atom. The first-order valence-electron chi connectivity index (χ1n) is 10.1. The third kappa shape index (κ3) is 3.61. The van der Waals surface area contributed by atoms with E-state index >= 15 is 0 Å². The number of aromatic amines is 1. The maximum Gasteiger partial charge on any atom is 0.330 e. The van der Waals surface area contributed by atoms with Gasteiger partial charge < -0.3 is 11.1 Å². The highest BCUT2D eigenvalue weighted by molar-refractivity contribution is 6.05. The van der Waals surface area contributed by atoms with E-state index in [4.69, 9.17) is 5.73 Å². The van der Waals surface area contributed by atoms with E-state index in [0.29, 0.717) is 24.7 Å². The fraction of sp³-hybridized carbons (Fsp3) is 0.600. The molecule has 0 radical (unpaired) electrons. The van der Waals surface area contributed by atoms with Crippen molar-refractivity contribution in [3.63, 3.8) is 0 Å². The molecule has 0 bridgehead atoms. The zero-order valence-electron chi connectivity index (χ0n) is 16.3. The van der Waals surface area contributed by atoms with E-state index in [1.54, 1.807) is 6.07 Å². The predicted molar refractivity (Wildman–Crippen MR) is 106 cm³/mol. The van der Waals surface area contributed by atoms with Crippen molar-refractivity contribution in [1.82, 2.24) is 19.9 Å². The van der Waals surface area contributed by atoms with Crippen molar-refractivity contribution in [1.29, 1.82) is 0 Å². The zero-order valence-corrected chi connectivity index (χ0v) is 16.3. The van der Waals surface area contributed by atoms with Crippen LogP contribution >= 0.6 is 0 Å². The van der Waals surface area contributed by atoms with Gasteiger partial charge in [-0.3, -0.25) is 19.1 Å². The van der Waals surface area contributed by atoms with Gasteiger partial charge in [0.15, 0.2) is 5.65 Å². The van der Waals surface area contributed by atoms with Crippen LogP contribution in [0.15, 0.2) is 15.7 Å². The van der Waals surface area contributed by atoms with Crippen molar-refractivity contribution in [2.45, 2.75) is 58.0 Å². The lowest BCUT2D eigenvalue weighted by Gasteiger charge is -2.18. The van der Waals surface area contributed by atoms with Crippen molar-refractivity contribution in [2.24, 2.45) is 17.6 Å². The molecule has 8 heteroatoms. The molecule has 2 aliphatic carbocycles. The SMILES string of the molecule is CC(C)Cn1c(=O)[nH]c(=O)c2c(C(=O)NC(CN)C3CC3)cc(C3CC3)nc21. The molecule has 0 aromatic carbocycles. The number of nitrogens with zero attached hydrogens (tertiary/aromatic N) is 2. The van der Waals surface area contributed by atoms with E-state index < -0.39 is 11.2 Å². The number of nitrogens with two attached hydrogens (primary N) is 1. The number of rotatable bonds is 7. The van der Waals surface area contributed by atoms with Crippen LogP contribution in [0.4, 0.5) is 0 Å². The maximum atomic E-state index is 13.1. The van der Waals surface area contributed by atoms with E-state index in [1.807, 2.05) is 13.8 Å². The molecular formula is C20H27N5O3. The van der Waals surface area contributed by atoms with Crippen LogP contribution in [0.25, 0.3) is 11.0 Å². The summed E-state index contributed by atoms with van der Waals surface area (Å²) in [6.07, 6.45) is 4.12. The minimum atomic E-state index is -0.573. The summed E-state index contributed by atoms with van der Waals surface area (Å²) >= 11 is 0. The lowest BCUT2D eigenvalue weighted by atomic mass is 10.1. The van der Waals surface area contributed by atoms with Gasteiger partial charge in [0.2, 0.25) is 0 Å². The van der Waals surface area contributed by atoms with Gasteiger partial charge in [0.25, 0.3) is 11.5 Å². The van der Waals surface area contributed by atoms with Crippen LogP contribution in [0.1, 0.15) is 61.5 Å². The molecule has 28 heavy (non-hydrogen) atoms. The smallest absolute Gasteiger partial charge is 0.330 e. The number of H-pyrrole nitrogens is 1. The normalized spacial score (nSPS) is 17.9. The number of hydrogen-bond donors (Lipinski definition) is 3. The summed E-state index contributed by atoms with van der Waals surface area (Å²) < 4.78 is 1.48. The Morgan fingerprint density at radius 3 is 2.61 bits per heavy atom. The van der Waals surface area contributed by atoms with Crippen LogP contribution in [-0.4, -0.2) is 33.0 Å². The Kier molecular flexibility index (Phi) is 4.82. The molecule has 0 saturated heterocycles. The standard InChI is InChI=1S/C20H27N5O3/c1-10(2)9-25-17-16(19(27)24-20(25)28)13(7-14(22-17)11-3-4-11)18(26)23-15(8-21)12-5-6-12/h7,10-12,15H,3-6,8-9,21H2,1-2H3,(H,23,26)(H,24,27,28). The molecule has 1 atom stereocenters. The fourth-order valence-electron chi connectivity index (χ4n) is 3.71. The molecule has 2 heterocycles. The summed E-state index contributed by atoms with van der Waals surface area (Å²) in [5.41, 5.74) is 6.12. The third-order valence-corrected chi connectivity index (χ3v) is 5.52. The zero-order chi connectivity index (χ0) is 20.0. The average Bonchev–Trinajstić information content (AvgIpc) is 3.54. The predicted octanol–water partition coefficient (Wildman–Crippen LogP) is 1.09. The molecule has 4 N–H and O–H groups in total. The highest BCUT2D eigenvalue weighted by atomic mass is 16.2. The molecular weight excluding hydrogens is 358 g/mol. The Hall–Kier alpha value is -2.48. The quantitative estimate of drug-likeness (QED) is 0.658. The largest absolute Gasteiger partial charge is 0.348 e. The minimum Gasteiger partial charge on any atom is -0.348 e. The van der Waals surface area contributed by atoms with Crippen molar-refractivity contribution in [2.75, 3.05) is 6.54 Å². The molecule has 4 rings (SSSR count). The van der Waals surface area contributed by atoms with Crippen molar-refractivity contribution >= 4 is 16.9 Å². The van der Waals surface area contributed by atoms with Gasteiger partial charge in [-0.15, -0.1) is 0 Å². The van der Waals surface area contributed by atoms with Gasteiger partial charge in [-0.25, -0.2) is 9.78 Å². The van der Waals surface area contributed by atoms with Crippen LogP contribution in [0, 0.1) is 11.8 Å². The molecule has 8 nitrogen and oxygen atoms in total. The summed E-state index contributed by atoms with van der Waals surface area (Å²) in [6, 6.07) is 1.62. The Labute approximate surface area is 162 Å². The van der Waals surface area contributed by atoms with Gasteiger partial charge in [-0.05, 0) is 43.6 Å². The van der Waals surface area contributed by atoms with Gasteiger partial charge in [0.05, 0.1) is 10.9 Å². The minimum absolute atomic E-state index is 0.0965. The summed E-state index contributed by atoms with van der Waals surface area (Å²) in [7, 11) is 0. The molecule has 1 unspecified atom stereocenters. The summed E-state index contributed by atoms with van der Waals surface area (Å²) in [5.74, 6) is 0.553. The van der Waals surface area contributed by atoms with Gasteiger partial charge in [0.1, 0.15) is 0 Å². The molecule has 2 saturated carbocycles. The van der Waals surface area contributed by atoms with Gasteiger partial charge in [-0.2, -0.15) is 0 Å². The van der Waals surface area contributed by atoms with E-state index in [-0.39, 0.29) is 34.7 Å². The van der Waals surface area contributed by atoms with Gasteiger partial charge >= 0.3 is 5.69 Å². The number of nitrogens with one attached hydrogen (secondary N) is 2. The molecule has 150 valence electrons. The molecule has 2 fully saturated rings. The van der Waals surface area contributed by atoms with Crippen molar-refractivity contribution < 1.29 is 4.79 Å². The second-order valence-corrected chi connectivity index (χ2v) is 8.48. The Morgan fingerprint density at radius 1 is 1.32 bits per heavy atom. The van der Waals surface area contributed by atoms with Gasteiger partial charge in [-0.1, -0.05) is 13.8 Å². The summed E-state index contributed by atoms with van der Waals surface area (Å²) in [4.78, 5) is 45.2. The second-order valence-electron chi connectivity index (χ2n) is 8.48. The average molecular weight is 385 g/mol. The molecule has 2 aliphatic rings. The van der Waals surface area contributed by atoms with Crippen LogP contribution < -0.4 is 22.3 Å². The van der Waals surface area contributed by atoms with Gasteiger partial charge in [0, 0.05) is 30.7 Å². The third-order valence-electron chi connectivity index (χ3n) is 5.52. The van der Waals surface area contributed by atoms with Crippen molar-refractivity contribution in [3.8, 4) is 0 Å². The molecule has 0 spiro atoms. The van der Waals surface area contributed by atoms with E-state index in [2.05, 4.69) is 15.3 Å². The summed E-state index contributed by atoms with van der Waals surface area (Å²) in [6.45, 7) is 4.76.